The standard InChI is InChI=1S/C16H29BN2O4/c1-14(2)15(3,4)23-17(22-14)13(7-18)9-19-8-12-10-20-16(5,6)21-11-12/h7,9,12,18-19H,8,10-11H2,1-6H3/b13-9+,18-7?. The zero-order chi connectivity index (χ0) is 17.3. The average molecular weight is 324 g/mol. The van der Waals surface area contributed by atoms with Gasteiger partial charge in [-0.15, -0.1) is 0 Å². The summed E-state index contributed by atoms with van der Waals surface area (Å²) < 4.78 is 23.2. The minimum Gasteiger partial charge on any atom is -0.399 e. The first-order valence-electron chi connectivity index (χ1n) is 8.14. The van der Waals surface area contributed by atoms with Crippen LogP contribution in [0.1, 0.15) is 41.5 Å². The lowest BCUT2D eigenvalue weighted by atomic mass is 9.79. The first-order valence-corrected chi connectivity index (χ1v) is 8.14. The Bertz CT molecular complexity index is 451. The topological polar surface area (TPSA) is 72.8 Å². The van der Waals surface area contributed by atoms with Crippen molar-refractivity contribution in [1.29, 1.82) is 5.41 Å². The normalized spacial score (nSPS) is 27.0. The minimum absolute atomic E-state index is 0.282. The quantitative estimate of drug-likeness (QED) is 0.599. The predicted molar refractivity (Wildman–Crippen MR) is 90.4 cm³/mol. The fourth-order valence-electron chi connectivity index (χ4n) is 2.35. The molecule has 0 aliphatic carbocycles. The second-order valence-electron chi connectivity index (χ2n) is 7.67. The molecule has 23 heavy (non-hydrogen) atoms. The summed E-state index contributed by atoms with van der Waals surface area (Å²) in [5, 5.41) is 10.8. The Morgan fingerprint density at radius 3 is 2.09 bits per heavy atom. The highest BCUT2D eigenvalue weighted by Crippen LogP contribution is 2.38. The van der Waals surface area contributed by atoms with Crippen LogP contribution in [0.25, 0.3) is 0 Å². The molecule has 2 heterocycles. The summed E-state index contributed by atoms with van der Waals surface area (Å²) in [7, 11) is -0.525. The summed E-state index contributed by atoms with van der Waals surface area (Å²) in [6.45, 7) is 13.9. The molecule has 0 spiro atoms. The molecule has 0 unspecified atom stereocenters. The predicted octanol–water partition coefficient (Wildman–Crippen LogP) is 2.14. The van der Waals surface area contributed by atoms with Crippen molar-refractivity contribution in [3.05, 3.63) is 11.7 Å². The smallest absolute Gasteiger partial charge is 0.399 e. The van der Waals surface area contributed by atoms with Gasteiger partial charge in [0.2, 0.25) is 0 Å². The van der Waals surface area contributed by atoms with Crippen LogP contribution in [0.4, 0.5) is 0 Å². The molecule has 0 atom stereocenters. The molecule has 2 fully saturated rings. The van der Waals surface area contributed by atoms with Crippen molar-refractivity contribution >= 4 is 13.3 Å². The van der Waals surface area contributed by atoms with Crippen LogP contribution in [-0.2, 0) is 18.8 Å². The van der Waals surface area contributed by atoms with Crippen molar-refractivity contribution in [3.8, 4) is 0 Å². The number of ether oxygens (including phenoxy) is 2. The molecular formula is C16H29BN2O4. The summed E-state index contributed by atoms with van der Waals surface area (Å²) in [4.78, 5) is 0. The number of nitrogens with one attached hydrogen (secondary N) is 2. The molecule has 7 heteroatoms. The molecule has 0 amide bonds. The highest BCUT2D eigenvalue weighted by atomic mass is 16.7. The van der Waals surface area contributed by atoms with E-state index in [1.807, 2.05) is 41.5 Å². The Labute approximate surface area is 139 Å². The molecular weight excluding hydrogens is 295 g/mol. The highest BCUT2D eigenvalue weighted by molar-refractivity contribution is 6.60. The van der Waals surface area contributed by atoms with E-state index < -0.39 is 24.1 Å². The SMILES string of the molecule is CC1(C)OCC(CN/C=C(\C=N)B2OC(C)(C)C(C)(C)O2)CO1. The minimum atomic E-state index is -0.525. The van der Waals surface area contributed by atoms with E-state index in [9.17, 15) is 0 Å². The zero-order valence-electron chi connectivity index (χ0n) is 15.1. The Kier molecular flexibility index (Phi) is 5.26. The van der Waals surface area contributed by atoms with Gasteiger partial charge in [0.25, 0.3) is 0 Å². The third-order valence-corrected chi connectivity index (χ3v) is 4.70. The maximum atomic E-state index is 7.62. The number of allylic oxidation sites excluding steroid dienone is 1. The van der Waals surface area contributed by atoms with Crippen molar-refractivity contribution in [2.75, 3.05) is 19.8 Å². The second-order valence-corrected chi connectivity index (χ2v) is 7.67. The monoisotopic (exact) mass is 324 g/mol. The molecule has 0 aromatic carbocycles. The van der Waals surface area contributed by atoms with Gasteiger partial charge < -0.3 is 29.5 Å². The molecule has 0 radical (unpaired) electrons. The van der Waals surface area contributed by atoms with Gasteiger partial charge in [-0.2, -0.15) is 0 Å². The second kappa shape index (κ2) is 6.55. The largest absolute Gasteiger partial charge is 0.497 e. The lowest BCUT2D eigenvalue weighted by Gasteiger charge is -2.34. The van der Waals surface area contributed by atoms with Gasteiger partial charge in [-0.05, 0) is 47.7 Å². The van der Waals surface area contributed by atoms with E-state index in [1.54, 1.807) is 6.20 Å². The van der Waals surface area contributed by atoms with E-state index in [1.165, 1.54) is 6.21 Å². The van der Waals surface area contributed by atoms with Crippen LogP contribution in [0.3, 0.4) is 0 Å². The molecule has 130 valence electrons. The third-order valence-electron chi connectivity index (χ3n) is 4.70. The maximum absolute atomic E-state index is 7.62. The molecule has 0 aromatic rings. The van der Waals surface area contributed by atoms with Crippen molar-refractivity contribution in [3.63, 3.8) is 0 Å². The number of hydrogen-bond donors (Lipinski definition) is 2. The highest BCUT2D eigenvalue weighted by Gasteiger charge is 2.52. The molecule has 0 aromatic heterocycles. The lowest BCUT2D eigenvalue weighted by molar-refractivity contribution is -0.261. The first-order chi connectivity index (χ1) is 10.6. The van der Waals surface area contributed by atoms with Crippen molar-refractivity contribution < 1.29 is 18.8 Å². The van der Waals surface area contributed by atoms with Crippen LogP contribution in [0.15, 0.2) is 11.7 Å². The van der Waals surface area contributed by atoms with Gasteiger partial charge in [0.05, 0.1) is 24.4 Å². The molecule has 2 aliphatic heterocycles. The lowest BCUT2D eigenvalue weighted by Crippen LogP contribution is -2.42. The molecule has 2 rings (SSSR count). The summed E-state index contributed by atoms with van der Waals surface area (Å²) >= 11 is 0. The van der Waals surface area contributed by atoms with E-state index in [2.05, 4.69) is 5.32 Å². The molecule has 2 aliphatic rings. The van der Waals surface area contributed by atoms with Crippen molar-refractivity contribution in [2.24, 2.45) is 5.92 Å². The Balaban J connectivity index is 1.87. The van der Waals surface area contributed by atoms with Gasteiger partial charge in [0, 0.05) is 24.1 Å². The van der Waals surface area contributed by atoms with E-state index >= 15 is 0 Å². The Morgan fingerprint density at radius 2 is 1.61 bits per heavy atom. The van der Waals surface area contributed by atoms with Gasteiger partial charge in [-0.1, -0.05) is 0 Å². The summed E-state index contributed by atoms with van der Waals surface area (Å²) in [6.07, 6.45) is 3.06. The maximum Gasteiger partial charge on any atom is 0.497 e. The summed E-state index contributed by atoms with van der Waals surface area (Å²) in [5.74, 6) is -0.209. The molecule has 2 saturated heterocycles. The van der Waals surface area contributed by atoms with E-state index in [0.29, 0.717) is 25.2 Å². The summed E-state index contributed by atoms with van der Waals surface area (Å²) in [6, 6.07) is 0. The molecule has 0 saturated carbocycles. The molecule has 0 bridgehead atoms. The average Bonchev–Trinajstić information content (AvgIpc) is 2.65. The number of hydrogen-bond acceptors (Lipinski definition) is 6. The van der Waals surface area contributed by atoms with E-state index in [-0.39, 0.29) is 5.92 Å². The van der Waals surface area contributed by atoms with E-state index in [0.717, 1.165) is 0 Å². The van der Waals surface area contributed by atoms with E-state index in [4.69, 9.17) is 24.2 Å². The van der Waals surface area contributed by atoms with Crippen LogP contribution in [0.2, 0.25) is 0 Å². The van der Waals surface area contributed by atoms with Crippen LogP contribution in [0.5, 0.6) is 0 Å². The van der Waals surface area contributed by atoms with Crippen LogP contribution in [-0.4, -0.2) is 50.1 Å². The zero-order valence-corrected chi connectivity index (χ0v) is 15.1. The Morgan fingerprint density at radius 1 is 1.09 bits per heavy atom. The molecule has 6 nitrogen and oxygen atoms in total. The van der Waals surface area contributed by atoms with Crippen molar-refractivity contribution in [2.45, 2.75) is 58.5 Å². The van der Waals surface area contributed by atoms with Gasteiger partial charge in [0.1, 0.15) is 0 Å². The third kappa shape index (κ3) is 4.35. The summed E-state index contributed by atoms with van der Waals surface area (Å²) in [5.41, 5.74) is -0.145. The van der Waals surface area contributed by atoms with Gasteiger partial charge >= 0.3 is 7.12 Å². The van der Waals surface area contributed by atoms with Crippen LogP contribution < -0.4 is 5.32 Å². The fraction of sp³-hybridized carbons (Fsp3) is 0.812. The number of rotatable bonds is 5. The Hall–Kier alpha value is -0.885. The van der Waals surface area contributed by atoms with Crippen LogP contribution in [0, 0.1) is 11.3 Å². The fourth-order valence-corrected chi connectivity index (χ4v) is 2.35. The first kappa shape index (κ1) is 18.5. The van der Waals surface area contributed by atoms with Crippen LogP contribution >= 0.6 is 0 Å². The molecule has 2 N–H and O–H groups in total. The van der Waals surface area contributed by atoms with Gasteiger partial charge in [-0.3, -0.25) is 0 Å². The van der Waals surface area contributed by atoms with Gasteiger partial charge in [0.15, 0.2) is 5.79 Å². The van der Waals surface area contributed by atoms with Crippen molar-refractivity contribution in [1.82, 2.24) is 5.32 Å². The van der Waals surface area contributed by atoms with Gasteiger partial charge in [-0.25, -0.2) is 0 Å².